The van der Waals surface area contributed by atoms with Gasteiger partial charge in [0.05, 0.1) is 0 Å². The first-order valence-electron chi connectivity index (χ1n) is 7.05. The van der Waals surface area contributed by atoms with Gasteiger partial charge in [0, 0.05) is 18.0 Å². The van der Waals surface area contributed by atoms with Crippen molar-refractivity contribution in [3.63, 3.8) is 0 Å². The van der Waals surface area contributed by atoms with Gasteiger partial charge < -0.3 is 21.2 Å². The highest BCUT2D eigenvalue weighted by atomic mass is 16.4. The molecule has 1 atom stereocenters. The summed E-state index contributed by atoms with van der Waals surface area (Å²) in [7, 11) is 4.19. The molecule has 0 rings (SSSR count). The summed E-state index contributed by atoms with van der Waals surface area (Å²) in [6.45, 7) is 10.4. The van der Waals surface area contributed by atoms with Crippen LogP contribution in [0.5, 0.6) is 0 Å². The molecule has 0 aromatic rings. The summed E-state index contributed by atoms with van der Waals surface area (Å²) in [6, 6.07) is 0.484. The highest BCUT2D eigenvalue weighted by Gasteiger charge is 2.23. The minimum atomic E-state index is -0.276. The molecular weight excluding hydrogens is 240 g/mol. The van der Waals surface area contributed by atoms with Crippen LogP contribution in [0, 0.1) is 11.3 Å². The van der Waals surface area contributed by atoms with E-state index in [1.807, 2.05) is 13.8 Å². The Morgan fingerprint density at radius 2 is 1.95 bits per heavy atom. The second kappa shape index (κ2) is 8.38. The van der Waals surface area contributed by atoms with Crippen LogP contribution in [-0.2, 0) is 0 Å². The molecule has 0 fully saturated rings. The average molecular weight is 272 g/mol. The van der Waals surface area contributed by atoms with Crippen molar-refractivity contribution in [2.24, 2.45) is 22.2 Å². The Morgan fingerprint density at radius 3 is 2.37 bits per heavy atom. The van der Waals surface area contributed by atoms with Crippen molar-refractivity contribution >= 4 is 5.84 Å². The van der Waals surface area contributed by atoms with Gasteiger partial charge in [0.1, 0.15) is 5.84 Å². The number of nitrogens with one attached hydrogen (secondary N) is 1. The van der Waals surface area contributed by atoms with Gasteiger partial charge in [-0.15, -0.1) is 0 Å². The lowest BCUT2D eigenvalue weighted by Gasteiger charge is -2.27. The van der Waals surface area contributed by atoms with Gasteiger partial charge in [-0.25, -0.2) is 0 Å². The van der Waals surface area contributed by atoms with Gasteiger partial charge in [-0.05, 0) is 39.4 Å². The van der Waals surface area contributed by atoms with Crippen molar-refractivity contribution in [1.82, 2.24) is 10.2 Å². The Balaban J connectivity index is 4.25. The van der Waals surface area contributed by atoms with E-state index >= 15 is 0 Å². The number of nitrogens with zero attached hydrogens (tertiary/aromatic N) is 2. The molecule has 0 aromatic carbocycles. The number of hydrogen-bond acceptors (Lipinski definition) is 4. The molecule has 1 unspecified atom stereocenters. The molecule has 19 heavy (non-hydrogen) atoms. The number of amidine groups is 1. The molecule has 0 bridgehead atoms. The smallest absolute Gasteiger partial charge is 0.144 e. The normalized spacial score (nSPS) is 15.3. The van der Waals surface area contributed by atoms with E-state index in [4.69, 9.17) is 10.9 Å². The van der Waals surface area contributed by atoms with Crippen molar-refractivity contribution in [3.8, 4) is 0 Å². The zero-order valence-electron chi connectivity index (χ0n) is 13.4. The molecule has 0 heterocycles. The van der Waals surface area contributed by atoms with Crippen LogP contribution in [0.2, 0.25) is 0 Å². The summed E-state index contributed by atoms with van der Waals surface area (Å²) >= 11 is 0. The van der Waals surface area contributed by atoms with E-state index in [-0.39, 0.29) is 5.41 Å². The summed E-state index contributed by atoms with van der Waals surface area (Å²) in [6.07, 6.45) is 2.01. The fraction of sp³-hybridized carbons (Fsp3) is 0.929. The third-order valence-electron chi connectivity index (χ3n) is 3.33. The lowest BCUT2D eigenvalue weighted by atomic mass is 9.88. The second-order valence-electron chi connectivity index (χ2n) is 6.66. The number of oxime groups is 1. The second-order valence-corrected chi connectivity index (χ2v) is 6.66. The Kier molecular flexibility index (Phi) is 8.02. The van der Waals surface area contributed by atoms with Gasteiger partial charge in [0.2, 0.25) is 0 Å². The first-order valence-corrected chi connectivity index (χ1v) is 7.05. The summed E-state index contributed by atoms with van der Waals surface area (Å²) in [5.41, 5.74) is 5.42. The van der Waals surface area contributed by atoms with E-state index in [0.29, 0.717) is 17.8 Å². The van der Waals surface area contributed by atoms with Crippen LogP contribution >= 0.6 is 0 Å². The minimum absolute atomic E-state index is 0.276. The molecule has 0 aliphatic heterocycles. The zero-order chi connectivity index (χ0) is 15.1. The standard InChI is InChI=1S/C14H32N4O/c1-11(2)9-12(10-18(5)6)16-8-7-14(3,4)13(15)17-19/h11-12,16,19H,7-10H2,1-6H3,(H2,15,17). The molecule has 0 amide bonds. The van der Waals surface area contributed by atoms with Gasteiger partial charge in [-0.3, -0.25) is 0 Å². The molecule has 0 aliphatic rings. The summed E-state index contributed by atoms with van der Waals surface area (Å²) in [4.78, 5) is 2.20. The van der Waals surface area contributed by atoms with Crippen LogP contribution in [0.3, 0.4) is 0 Å². The quantitative estimate of drug-likeness (QED) is 0.258. The average Bonchev–Trinajstić information content (AvgIpc) is 2.25. The number of nitrogens with two attached hydrogens (primary N) is 1. The summed E-state index contributed by atoms with van der Waals surface area (Å²) in [5.74, 6) is 0.969. The van der Waals surface area contributed by atoms with Crippen LogP contribution < -0.4 is 11.1 Å². The lowest BCUT2D eigenvalue weighted by molar-refractivity contribution is 0.290. The van der Waals surface area contributed by atoms with E-state index in [1.54, 1.807) is 0 Å². The maximum atomic E-state index is 8.75. The third kappa shape index (κ3) is 8.06. The van der Waals surface area contributed by atoms with E-state index in [0.717, 1.165) is 25.9 Å². The molecule has 0 saturated heterocycles. The molecule has 4 N–H and O–H groups in total. The van der Waals surface area contributed by atoms with Crippen molar-refractivity contribution in [1.29, 1.82) is 0 Å². The molecule has 5 nitrogen and oxygen atoms in total. The number of likely N-dealkylation sites (N-methyl/N-ethyl adjacent to an activating group) is 1. The van der Waals surface area contributed by atoms with Gasteiger partial charge in [-0.2, -0.15) is 0 Å². The SMILES string of the molecule is CC(C)CC(CN(C)C)NCCC(C)(C)C(N)=NO. The topological polar surface area (TPSA) is 73.9 Å². The highest BCUT2D eigenvalue weighted by Crippen LogP contribution is 2.19. The van der Waals surface area contributed by atoms with Crippen LogP contribution in [0.1, 0.15) is 40.5 Å². The fourth-order valence-electron chi connectivity index (χ4n) is 2.08. The Morgan fingerprint density at radius 1 is 1.37 bits per heavy atom. The molecule has 5 heteroatoms. The highest BCUT2D eigenvalue weighted by molar-refractivity contribution is 5.85. The first-order chi connectivity index (χ1) is 8.69. The van der Waals surface area contributed by atoms with Crippen molar-refractivity contribution in [2.45, 2.75) is 46.6 Å². The first kappa shape index (κ1) is 18.2. The Hall–Kier alpha value is -0.810. The van der Waals surface area contributed by atoms with Crippen LogP contribution in [0.15, 0.2) is 5.16 Å². The summed E-state index contributed by atoms with van der Waals surface area (Å²) in [5, 5.41) is 15.4. The van der Waals surface area contributed by atoms with Gasteiger partial charge in [0.25, 0.3) is 0 Å². The Bertz CT molecular complexity index is 265. The molecule has 114 valence electrons. The van der Waals surface area contributed by atoms with Gasteiger partial charge in [0.15, 0.2) is 0 Å². The fourth-order valence-corrected chi connectivity index (χ4v) is 2.08. The maximum Gasteiger partial charge on any atom is 0.144 e. The molecule has 0 aromatic heterocycles. The van der Waals surface area contributed by atoms with Crippen molar-refractivity contribution in [2.75, 3.05) is 27.2 Å². The number of rotatable bonds is 9. The molecular formula is C14H32N4O. The largest absolute Gasteiger partial charge is 0.409 e. The maximum absolute atomic E-state index is 8.75. The van der Waals surface area contributed by atoms with E-state index < -0.39 is 0 Å². The zero-order valence-corrected chi connectivity index (χ0v) is 13.4. The van der Waals surface area contributed by atoms with E-state index in [9.17, 15) is 0 Å². The van der Waals surface area contributed by atoms with Crippen LogP contribution in [0.4, 0.5) is 0 Å². The van der Waals surface area contributed by atoms with E-state index in [2.05, 4.69) is 43.3 Å². The molecule has 0 spiro atoms. The van der Waals surface area contributed by atoms with Crippen LogP contribution in [0.25, 0.3) is 0 Å². The Labute approximate surface area is 118 Å². The minimum Gasteiger partial charge on any atom is -0.409 e. The third-order valence-corrected chi connectivity index (χ3v) is 3.33. The molecule has 0 saturated carbocycles. The predicted molar refractivity (Wildman–Crippen MR) is 81.6 cm³/mol. The van der Waals surface area contributed by atoms with Crippen LogP contribution in [-0.4, -0.2) is 49.2 Å². The van der Waals surface area contributed by atoms with Crippen molar-refractivity contribution < 1.29 is 5.21 Å². The van der Waals surface area contributed by atoms with Gasteiger partial charge >= 0.3 is 0 Å². The lowest BCUT2D eigenvalue weighted by Crippen LogP contribution is -2.42. The number of hydrogen-bond donors (Lipinski definition) is 3. The van der Waals surface area contributed by atoms with Crippen molar-refractivity contribution in [3.05, 3.63) is 0 Å². The predicted octanol–water partition coefficient (Wildman–Crippen LogP) is 1.72. The monoisotopic (exact) mass is 272 g/mol. The van der Waals surface area contributed by atoms with E-state index in [1.165, 1.54) is 0 Å². The molecule has 0 aliphatic carbocycles. The summed E-state index contributed by atoms with van der Waals surface area (Å²) < 4.78 is 0. The van der Waals surface area contributed by atoms with Gasteiger partial charge in [-0.1, -0.05) is 32.9 Å². The molecule has 0 radical (unpaired) electrons.